The number of rotatable bonds is 23. The third-order valence-corrected chi connectivity index (χ3v) is 16.6. The number of allylic oxidation sites excluding steroid dienone is 1. The Hall–Kier alpha value is -12.1. The summed E-state index contributed by atoms with van der Waals surface area (Å²) in [5, 5.41) is 68.3. The summed E-state index contributed by atoms with van der Waals surface area (Å²) < 4.78 is 114. The van der Waals surface area contributed by atoms with Gasteiger partial charge in [-0.1, -0.05) is 0 Å². The molecule has 614 valence electrons. The van der Waals surface area contributed by atoms with E-state index in [1.165, 1.54) is 89.2 Å². The maximum absolute atomic E-state index is 14.4. The molecule has 2 unspecified atom stereocenters. The number of aromatic nitrogens is 3. The molecule has 12 rings (SSSR count). The topological polar surface area (TPSA) is 430 Å². The Kier molecular flexibility index (Phi) is 37.5. The first-order valence-corrected chi connectivity index (χ1v) is 34.4. The maximum Gasteiger partial charge on any atom is 0.251 e. The number of aliphatic imine (C=N–C) groups is 2. The summed E-state index contributed by atoms with van der Waals surface area (Å²) >= 11 is 0. The second kappa shape index (κ2) is 46.1. The van der Waals surface area contributed by atoms with Crippen molar-refractivity contribution in [1.82, 2.24) is 25.2 Å². The highest BCUT2D eigenvalue weighted by Gasteiger charge is 2.42. The van der Waals surface area contributed by atoms with Crippen molar-refractivity contribution in [1.29, 1.82) is 10.7 Å². The first-order chi connectivity index (χ1) is 54.7. The van der Waals surface area contributed by atoms with Crippen LogP contribution in [0.1, 0.15) is 55.8 Å². The molecule has 9 aromatic rings. The highest BCUT2D eigenvalue weighted by Crippen LogP contribution is 2.33. The number of amidine groups is 1. The smallest absolute Gasteiger partial charge is 0.251 e. The number of imidazole rings is 1. The predicted octanol–water partition coefficient (Wildman–Crippen LogP) is 9.19. The number of benzene rings is 7. The van der Waals surface area contributed by atoms with Crippen LogP contribution < -0.4 is 51.1 Å². The number of nitrogens with one attached hydrogen (secondary N) is 5. The van der Waals surface area contributed by atoms with Crippen molar-refractivity contribution in [2.24, 2.45) is 15.7 Å². The molecule has 0 spiro atoms. The van der Waals surface area contributed by atoms with Crippen LogP contribution in [0.2, 0.25) is 0 Å². The molecule has 2 aromatic heterocycles. The van der Waals surface area contributed by atoms with E-state index in [2.05, 4.69) is 30.9 Å². The third kappa shape index (κ3) is 26.8. The number of aldehydes is 1. The molecule has 115 heavy (non-hydrogen) atoms. The van der Waals surface area contributed by atoms with Gasteiger partial charge in [0.25, 0.3) is 11.8 Å². The van der Waals surface area contributed by atoms with Crippen molar-refractivity contribution in [3.63, 3.8) is 0 Å². The Labute approximate surface area is 665 Å². The number of carbonyl (C=O) groups excluding carboxylic acids is 3. The first-order valence-electron chi connectivity index (χ1n) is 34.4. The molecule has 3 aliphatic rings. The maximum atomic E-state index is 14.4. The number of nitrogens with zero attached hydrogens (tertiary/aromatic N) is 5. The predicted molar refractivity (Wildman–Crippen MR) is 424 cm³/mol. The van der Waals surface area contributed by atoms with Crippen molar-refractivity contribution in [2.45, 2.75) is 31.0 Å². The van der Waals surface area contributed by atoms with Gasteiger partial charge in [0.05, 0.1) is 114 Å². The standard InChI is InChI=1S/C23H23FN4O3.C12H12FNO2.C12H10FNO2.C11H17N3O2.C8H9FN2O.C8H6FNO.C6H12O6.ClH/c1-25-23(29)14-4-7-21-20(10-14)27-22(28(21)8-9-30-2)15-11-19(26-13-15)17-12-16(31-3)5-6-18(17)24;2*1-16-9-2-3-11(13)10(5-9)12-4-8(7-15)6-14-12;1-13-11(15)8-3-4-10(9(12)7-8)14-5-6-16-2;1-12-5-2-3-7(9)6(4-5)8(10)11;1-11-7-2-3-8(9)6(4-7)5-10;7-1-5(9)3-12-6(10,2-8)4-11-5;/h4-7,10-13,26H,8-9H2,1-3H3,(H,25,29);2-3,5-6,15H,4,7H2,1H3;2-3,5-7H,4H2,1H3;3-4,7,14H,5-6,12H2,1-2H3,(H,13,15);2-4H,1H3,(H3,10,11);2-4H,1H3;7-10H,1-4H2;1H. The van der Waals surface area contributed by atoms with E-state index >= 15 is 0 Å². The normalized spacial score (nSPS) is 14.7. The summed E-state index contributed by atoms with van der Waals surface area (Å²) in [4.78, 5) is 49.9. The number of anilines is 2. The molecule has 5 heterocycles. The molecule has 1 fully saturated rings. The fourth-order valence-corrected chi connectivity index (χ4v) is 10.3. The van der Waals surface area contributed by atoms with E-state index in [-0.39, 0.29) is 78.5 Å². The van der Waals surface area contributed by atoms with Gasteiger partial charge in [0.2, 0.25) is 11.6 Å². The molecule has 35 heteroatoms. The van der Waals surface area contributed by atoms with Gasteiger partial charge in [-0.2, -0.15) is 5.26 Å². The lowest BCUT2D eigenvalue weighted by atomic mass is 10.0. The van der Waals surface area contributed by atoms with Gasteiger partial charge < -0.3 is 105 Å². The molecule has 3 aliphatic heterocycles. The highest BCUT2D eigenvalue weighted by atomic mass is 35.5. The second-order valence-corrected chi connectivity index (χ2v) is 24.3. The number of methoxy groups -OCH3 is 7. The quantitative estimate of drug-likeness (QED) is 0.00708. The number of amides is 2. The minimum Gasteiger partial charge on any atom is -0.497 e. The van der Waals surface area contributed by atoms with E-state index in [1.807, 2.05) is 16.7 Å². The van der Waals surface area contributed by atoms with Crippen LogP contribution in [0.3, 0.4) is 0 Å². The van der Waals surface area contributed by atoms with Crippen molar-refractivity contribution >= 4 is 70.2 Å². The van der Waals surface area contributed by atoms with Crippen LogP contribution in [-0.4, -0.2) is 204 Å². The minimum atomic E-state index is -1.76. The Morgan fingerprint density at radius 1 is 0.643 bits per heavy atom. The molecule has 14 N–H and O–H groups in total. The molecular weight excluding hydrogens is 1530 g/mol. The summed E-state index contributed by atoms with van der Waals surface area (Å²) in [5.74, 6) is -2.80. The van der Waals surface area contributed by atoms with Crippen LogP contribution >= 0.6 is 12.4 Å². The lowest BCUT2D eigenvalue weighted by Crippen LogP contribution is -2.56. The Bertz CT molecular complexity index is 4930. The van der Waals surface area contributed by atoms with E-state index < -0.39 is 36.4 Å². The largest absolute Gasteiger partial charge is 0.497 e. The van der Waals surface area contributed by atoms with Gasteiger partial charge in [-0.25, -0.2) is 26.9 Å². The third-order valence-electron chi connectivity index (χ3n) is 16.6. The van der Waals surface area contributed by atoms with Crippen LogP contribution in [0.4, 0.5) is 33.3 Å². The average Bonchev–Trinajstić information content (AvgIpc) is 1.62. The van der Waals surface area contributed by atoms with Crippen molar-refractivity contribution in [2.75, 3.05) is 128 Å². The fraction of sp³-hybridized carbons (Fsp3) is 0.275. The van der Waals surface area contributed by atoms with Gasteiger partial charge in [0, 0.05) is 124 Å². The van der Waals surface area contributed by atoms with E-state index in [4.69, 9.17) is 85.1 Å². The minimum absolute atomic E-state index is 0. The number of nitrogens with two attached hydrogens (primary N) is 2. The van der Waals surface area contributed by atoms with E-state index in [0.29, 0.717) is 135 Å². The van der Waals surface area contributed by atoms with Crippen molar-refractivity contribution < 1.29 is 105 Å². The zero-order valence-electron chi connectivity index (χ0n) is 64.1. The number of ether oxygens (including phenoxy) is 9. The van der Waals surface area contributed by atoms with Crippen molar-refractivity contribution in [3.05, 3.63) is 226 Å². The molecule has 0 saturated carbocycles. The summed E-state index contributed by atoms with van der Waals surface area (Å²) in [7, 11) is 14.0. The molecule has 29 nitrogen and oxygen atoms in total. The zero-order chi connectivity index (χ0) is 83.7. The molecule has 0 aliphatic carbocycles. The lowest BCUT2D eigenvalue weighted by molar-refractivity contribution is -0.377. The second-order valence-electron chi connectivity index (χ2n) is 24.3. The Morgan fingerprint density at radius 2 is 1.13 bits per heavy atom. The summed E-state index contributed by atoms with van der Waals surface area (Å²) in [6.07, 6.45) is 6.41. The summed E-state index contributed by atoms with van der Waals surface area (Å²) in [6, 6.07) is 35.8. The number of aliphatic hydroxyl groups is 5. The van der Waals surface area contributed by atoms with Gasteiger partial charge in [0.1, 0.15) is 95.1 Å². The van der Waals surface area contributed by atoms with E-state index in [1.54, 1.807) is 121 Å². The highest BCUT2D eigenvalue weighted by molar-refractivity contribution is 6.07. The number of nitrogen functional groups attached to an aromatic ring is 2. The number of aromatic amines is 1. The molecule has 0 bridgehead atoms. The van der Waals surface area contributed by atoms with Crippen LogP contribution in [-0.2, 0) is 30.3 Å². The zero-order valence-corrected chi connectivity index (χ0v) is 64.9. The number of fused-ring (bicyclic) bond motifs is 1. The molecule has 0 radical (unpaired) electrons. The van der Waals surface area contributed by atoms with Gasteiger partial charge in [-0.15, -0.1) is 12.4 Å². The number of hydrogen-bond donors (Lipinski definition) is 12. The monoisotopic (exact) mass is 1620 g/mol. The SMILES string of the molecule is CNC(=O)c1ccc(NCCOC)c(N)c1.CNC(=O)c1ccc2c(c1)nc(-c1c[nH]c(-c3cc(OC)ccc3F)c1)n2CCOC.COc1ccc(F)c(C#N)c1.COc1ccc(F)c(C(=N)N)c1.COc1ccc(F)c(C2=NC=C(C=O)C2)c1.COc1ccc(F)c(C2=NC=C(CO)C2)c1.Cl.OCC1(O)COC(O)(CO)CO1. The van der Waals surface area contributed by atoms with Crippen molar-refractivity contribution in [3.8, 4) is 57.5 Å². The number of H-pyrrole nitrogens is 1. The fourth-order valence-electron chi connectivity index (χ4n) is 10.3. The summed E-state index contributed by atoms with van der Waals surface area (Å²) in [6.45, 7) is 0.340. The average molecular weight is 1620 g/mol. The van der Waals surface area contributed by atoms with Crippen LogP contribution in [0.25, 0.3) is 33.7 Å². The Morgan fingerprint density at radius 3 is 1.60 bits per heavy atom. The van der Waals surface area contributed by atoms with Gasteiger partial charge >= 0.3 is 0 Å². The number of halogens is 6. The van der Waals surface area contributed by atoms with Crippen LogP contribution in [0.5, 0.6) is 28.7 Å². The summed E-state index contributed by atoms with van der Waals surface area (Å²) in [5.41, 5.74) is 20.2. The van der Waals surface area contributed by atoms with E-state index in [9.17, 15) is 46.5 Å². The Balaban J connectivity index is 0.000000248. The number of nitriles is 1. The lowest BCUT2D eigenvalue weighted by Gasteiger charge is -2.38. The van der Waals surface area contributed by atoms with Gasteiger partial charge in [-0.05, 0) is 133 Å². The molecule has 2 amide bonds. The van der Waals surface area contributed by atoms with Crippen LogP contribution in [0, 0.1) is 45.8 Å². The number of hydrogen-bond acceptors (Lipinski definition) is 24. The molecular formula is C80H90ClF5N12O17. The van der Waals surface area contributed by atoms with E-state index in [0.717, 1.165) is 28.6 Å². The first kappa shape index (κ1) is 93.5. The molecule has 2 atom stereocenters. The van der Waals surface area contributed by atoms with Gasteiger partial charge in [-0.3, -0.25) is 29.8 Å². The molecule has 7 aromatic carbocycles. The van der Waals surface area contributed by atoms with Gasteiger partial charge in [0.15, 0.2) is 0 Å². The van der Waals surface area contributed by atoms with Crippen LogP contribution in [0.15, 0.2) is 173 Å². The molecule has 1 saturated heterocycles. The number of carbonyl (C=O) groups is 3. The number of aliphatic hydroxyl groups excluding tert-OH is 3.